The second kappa shape index (κ2) is 5.82. The Hall–Kier alpha value is -2.36. The van der Waals surface area contributed by atoms with Gasteiger partial charge in [0.05, 0.1) is 0 Å². The summed E-state index contributed by atoms with van der Waals surface area (Å²) in [5, 5.41) is 0. The van der Waals surface area contributed by atoms with Crippen LogP contribution in [0.2, 0.25) is 0 Å². The van der Waals surface area contributed by atoms with E-state index >= 15 is 0 Å². The lowest BCUT2D eigenvalue weighted by Gasteiger charge is -2.12. The minimum Gasteiger partial charge on any atom is -0.426 e. The summed E-state index contributed by atoms with van der Waals surface area (Å²) in [6, 6.07) is 12.4. The zero-order valence-corrected chi connectivity index (χ0v) is 9.95. The second-order valence-corrected chi connectivity index (χ2v) is 3.71. The van der Waals surface area contributed by atoms with Gasteiger partial charge in [-0.2, -0.15) is 0 Å². The summed E-state index contributed by atoms with van der Waals surface area (Å²) in [4.78, 5) is 15.4. The lowest BCUT2D eigenvalue weighted by atomic mass is 10.2. The molecule has 0 aliphatic heterocycles. The van der Waals surface area contributed by atoms with Crippen molar-refractivity contribution in [3.8, 4) is 5.75 Å². The van der Waals surface area contributed by atoms with Crippen molar-refractivity contribution in [3.63, 3.8) is 0 Å². The molecule has 1 aromatic carbocycles. The number of para-hydroxylation sites is 1. The van der Waals surface area contributed by atoms with E-state index in [1.54, 1.807) is 55.7 Å². The van der Waals surface area contributed by atoms with Gasteiger partial charge in [0.15, 0.2) is 0 Å². The molecule has 0 radical (unpaired) electrons. The molecule has 0 fully saturated rings. The average molecular weight is 243 g/mol. The van der Waals surface area contributed by atoms with Crippen molar-refractivity contribution in [2.75, 3.05) is 0 Å². The Morgan fingerprint density at radius 1 is 1.11 bits per heavy atom. The van der Waals surface area contributed by atoms with Crippen molar-refractivity contribution in [2.24, 2.45) is 0 Å². The average Bonchev–Trinajstić information content (AvgIpc) is 2.40. The van der Waals surface area contributed by atoms with Crippen molar-refractivity contribution in [1.82, 2.24) is 4.98 Å². The molecule has 2 aromatic rings. The molecular weight excluding hydrogens is 230 g/mol. The highest BCUT2D eigenvalue weighted by Gasteiger charge is 2.13. The van der Waals surface area contributed by atoms with E-state index in [0.717, 1.165) is 5.56 Å². The largest absolute Gasteiger partial charge is 0.514 e. The number of nitrogens with zero attached hydrogens (tertiary/aromatic N) is 1. The maximum atomic E-state index is 11.5. The Bertz CT molecular complexity index is 499. The van der Waals surface area contributed by atoms with E-state index in [0.29, 0.717) is 5.75 Å². The topological polar surface area (TPSA) is 48.4 Å². The van der Waals surface area contributed by atoms with Gasteiger partial charge in [-0.15, -0.1) is 0 Å². The predicted octanol–water partition coefficient (Wildman–Crippen LogP) is 3.36. The van der Waals surface area contributed by atoms with Gasteiger partial charge >= 0.3 is 6.16 Å². The Morgan fingerprint density at radius 2 is 1.78 bits per heavy atom. The Kier molecular flexibility index (Phi) is 3.91. The molecule has 0 saturated heterocycles. The maximum Gasteiger partial charge on any atom is 0.514 e. The molecule has 1 unspecified atom stereocenters. The summed E-state index contributed by atoms with van der Waals surface area (Å²) in [5.74, 6) is 0.462. The van der Waals surface area contributed by atoms with Gasteiger partial charge in [0, 0.05) is 12.4 Å². The van der Waals surface area contributed by atoms with Crippen LogP contribution < -0.4 is 4.74 Å². The van der Waals surface area contributed by atoms with E-state index in [4.69, 9.17) is 9.47 Å². The first-order valence-corrected chi connectivity index (χ1v) is 5.59. The van der Waals surface area contributed by atoms with Gasteiger partial charge < -0.3 is 9.47 Å². The van der Waals surface area contributed by atoms with Crippen molar-refractivity contribution in [1.29, 1.82) is 0 Å². The van der Waals surface area contributed by atoms with Crippen LogP contribution in [-0.2, 0) is 4.74 Å². The highest BCUT2D eigenvalue weighted by atomic mass is 16.7. The summed E-state index contributed by atoms with van der Waals surface area (Å²) in [6.45, 7) is 1.78. The monoisotopic (exact) mass is 243 g/mol. The molecule has 0 aliphatic carbocycles. The van der Waals surface area contributed by atoms with Crippen LogP contribution in [0.25, 0.3) is 0 Å². The lowest BCUT2D eigenvalue weighted by molar-refractivity contribution is 0.0655. The molecule has 0 amide bonds. The molecule has 18 heavy (non-hydrogen) atoms. The molecule has 1 aromatic heterocycles. The molecule has 0 bridgehead atoms. The quantitative estimate of drug-likeness (QED) is 0.612. The minimum atomic E-state index is -0.717. The fraction of sp³-hybridized carbons (Fsp3) is 0.143. The van der Waals surface area contributed by atoms with Crippen molar-refractivity contribution in [3.05, 3.63) is 60.4 Å². The standard InChI is InChI=1S/C14H13NO3/c1-11(12-7-9-15-10-8-12)17-14(16)18-13-5-3-2-4-6-13/h2-11H,1H3. The van der Waals surface area contributed by atoms with Gasteiger partial charge in [-0.1, -0.05) is 18.2 Å². The lowest BCUT2D eigenvalue weighted by Crippen LogP contribution is -2.13. The highest BCUT2D eigenvalue weighted by Crippen LogP contribution is 2.17. The zero-order valence-electron chi connectivity index (χ0n) is 9.95. The summed E-state index contributed by atoms with van der Waals surface area (Å²) in [6.07, 6.45) is 2.21. The van der Waals surface area contributed by atoms with Crippen LogP contribution in [0.4, 0.5) is 4.79 Å². The number of aromatic nitrogens is 1. The van der Waals surface area contributed by atoms with E-state index in [-0.39, 0.29) is 6.10 Å². The van der Waals surface area contributed by atoms with Crippen molar-refractivity contribution in [2.45, 2.75) is 13.0 Å². The molecule has 0 aliphatic rings. The molecule has 0 saturated carbocycles. The third-order valence-electron chi connectivity index (χ3n) is 2.39. The van der Waals surface area contributed by atoms with Crippen molar-refractivity contribution < 1.29 is 14.3 Å². The van der Waals surface area contributed by atoms with Gasteiger partial charge in [0.2, 0.25) is 0 Å². The number of ether oxygens (including phenoxy) is 2. The number of pyridine rings is 1. The smallest absolute Gasteiger partial charge is 0.426 e. The van der Waals surface area contributed by atoms with Gasteiger partial charge in [0.25, 0.3) is 0 Å². The molecule has 0 spiro atoms. The SMILES string of the molecule is CC(OC(=O)Oc1ccccc1)c1ccncc1. The van der Waals surface area contributed by atoms with Gasteiger partial charge in [-0.3, -0.25) is 4.98 Å². The molecule has 2 rings (SSSR count). The molecule has 92 valence electrons. The first-order chi connectivity index (χ1) is 8.75. The third-order valence-corrected chi connectivity index (χ3v) is 2.39. The van der Waals surface area contributed by atoms with Crippen LogP contribution in [0.5, 0.6) is 5.75 Å². The van der Waals surface area contributed by atoms with Crippen LogP contribution in [0.15, 0.2) is 54.9 Å². The predicted molar refractivity (Wildman–Crippen MR) is 66.2 cm³/mol. The van der Waals surface area contributed by atoms with Crippen LogP contribution in [0, 0.1) is 0 Å². The summed E-state index contributed by atoms with van der Waals surface area (Å²) < 4.78 is 10.2. The summed E-state index contributed by atoms with van der Waals surface area (Å²) in [7, 11) is 0. The summed E-state index contributed by atoms with van der Waals surface area (Å²) in [5.41, 5.74) is 0.870. The Balaban J connectivity index is 1.92. The molecule has 4 heteroatoms. The Morgan fingerprint density at radius 3 is 2.44 bits per heavy atom. The number of carbonyl (C=O) groups excluding carboxylic acids is 1. The zero-order chi connectivity index (χ0) is 12.8. The first kappa shape index (κ1) is 12.1. The number of benzene rings is 1. The number of hydrogen-bond acceptors (Lipinski definition) is 4. The van der Waals surface area contributed by atoms with Crippen molar-refractivity contribution >= 4 is 6.16 Å². The van der Waals surface area contributed by atoms with E-state index in [2.05, 4.69) is 4.98 Å². The van der Waals surface area contributed by atoms with Crippen LogP contribution >= 0.6 is 0 Å². The summed E-state index contributed by atoms with van der Waals surface area (Å²) >= 11 is 0. The second-order valence-electron chi connectivity index (χ2n) is 3.71. The first-order valence-electron chi connectivity index (χ1n) is 5.59. The fourth-order valence-electron chi connectivity index (χ4n) is 1.46. The van der Waals surface area contributed by atoms with E-state index in [9.17, 15) is 4.79 Å². The minimum absolute atomic E-state index is 0.371. The number of carbonyl (C=O) groups is 1. The van der Waals surface area contributed by atoms with Gasteiger partial charge in [0.1, 0.15) is 11.9 Å². The number of hydrogen-bond donors (Lipinski definition) is 0. The molecule has 4 nitrogen and oxygen atoms in total. The van der Waals surface area contributed by atoms with E-state index < -0.39 is 6.16 Å². The highest BCUT2D eigenvalue weighted by molar-refractivity contribution is 5.64. The molecule has 1 heterocycles. The molecular formula is C14H13NO3. The fourth-order valence-corrected chi connectivity index (χ4v) is 1.46. The number of rotatable bonds is 3. The normalized spacial score (nSPS) is 11.6. The maximum absolute atomic E-state index is 11.5. The van der Waals surface area contributed by atoms with E-state index in [1.165, 1.54) is 0 Å². The van der Waals surface area contributed by atoms with Crippen LogP contribution in [-0.4, -0.2) is 11.1 Å². The van der Waals surface area contributed by atoms with E-state index in [1.807, 2.05) is 6.07 Å². The van der Waals surface area contributed by atoms with Gasteiger partial charge in [-0.05, 0) is 36.8 Å². The van der Waals surface area contributed by atoms with Gasteiger partial charge in [-0.25, -0.2) is 4.79 Å². The van der Waals surface area contributed by atoms with Crippen LogP contribution in [0.3, 0.4) is 0 Å². The van der Waals surface area contributed by atoms with Crippen LogP contribution in [0.1, 0.15) is 18.6 Å². The third kappa shape index (κ3) is 3.31. The molecule has 1 atom stereocenters. The molecule has 0 N–H and O–H groups in total. The Labute approximate surface area is 105 Å².